The van der Waals surface area contributed by atoms with Crippen LogP contribution >= 0.6 is 23.1 Å². The molecule has 2 N–H and O–H groups in total. The number of H-pyrrole nitrogens is 1. The smallest absolute Gasteiger partial charge is 0.312 e. The normalized spacial score (nSPS) is 20.3. The summed E-state index contributed by atoms with van der Waals surface area (Å²) < 4.78 is 3.89. The number of nitrogens with one attached hydrogen (secondary N) is 1. The van der Waals surface area contributed by atoms with Gasteiger partial charge in [-0.2, -0.15) is 0 Å². The fourth-order valence-corrected chi connectivity index (χ4v) is 5.56. The zero-order valence-corrected chi connectivity index (χ0v) is 17.3. The molecule has 5 rings (SSSR count). The molecule has 7 nitrogen and oxygen atoms in total. The Morgan fingerprint density at radius 2 is 2.17 bits per heavy atom. The van der Waals surface area contributed by atoms with Gasteiger partial charge < -0.3 is 15.0 Å². The second kappa shape index (κ2) is 6.53. The predicted molar refractivity (Wildman–Crippen MR) is 109 cm³/mol. The molecule has 1 aromatic carbocycles. The fourth-order valence-electron chi connectivity index (χ4n) is 4.77. The van der Waals surface area contributed by atoms with Gasteiger partial charge >= 0.3 is 5.97 Å². The number of carboxylic acids is 1. The average Bonchev–Trinajstić information content (AvgIpc) is 3.23. The molecule has 9 heteroatoms. The molecule has 1 amide bonds. The van der Waals surface area contributed by atoms with Crippen molar-refractivity contribution in [1.82, 2.24) is 19.5 Å². The van der Waals surface area contributed by atoms with Crippen LogP contribution in [0.1, 0.15) is 51.9 Å². The van der Waals surface area contributed by atoms with Gasteiger partial charge in [0.2, 0.25) is 0 Å². The summed E-state index contributed by atoms with van der Waals surface area (Å²) >= 11 is 7.27. The number of aliphatic carboxylic acids is 1. The highest BCUT2D eigenvalue weighted by molar-refractivity contribution is 7.07. The second-order valence-electron chi connectivity index (χ2n) is 7.86. The van der Waals surface area contributed by atoms with Gasteiger partial charge in [0.25, 0.3) is 5.91 Å². The Morgan fingerprint density at radius 1 is 1.38 bits per heavy atom. The average molecular weight is 431 g/mol. The Labute approximate surface area is 175 Å². The van der Waals surface area contributed by atoms with E-state index in [0.717, 1.165) is 40.1 Å². The molecule has 1 saturated carbocycles. The van der Waals surface area contributed by atoms with E-state index in [-0.39, 0.29) is 5.91 Å². The number of aromatic nitrogens is 3. The highest BCUT2D eigenvalue weighted by atomic mass is 35.5. The van der Waals surface area contributed by atoms with Crippen molar-refractivity contribution in [3.63, 3.8) is 0 Å². The van der Waals surface area contributed by atoms with E-state index in [1.54, 1.807) is 11.8 Å². The summed E-state index contributed by atoms with van der Waals surface area (Å²) in [6.45, 7) is 2.20. The van der Waals surface area contributed by atoms with E-state index in [0.29, 0.717) is 41.4 Å². The Bertz CT molecular complexity index is 1150. The molecule has 0 radical (unpaired) electrons. The number of aromatic amines is 1. The minimum Gasteiger partial charge on any atom is -0.481 e. The number of carboxylic acid groups (broad SMARTS) is 1. The van der Waals surface area contributed by atoms with Crippen molar-refractivity contribution in [3.8, 4) is 0 Å². The molecule has 1 unspecified atom stereocenters. The van der Waals surface area contributed by atoms with Gasteiger partial charge in [0.1, 0.15) is 4.88 Å². The van der Waals surface area contributed by atoms with Crippen molar-refractivity contribution >= 4 is 45.9 Å². The molecule has 0 saturated heterocycles. The van der Waals surface area contributed by atoms with Crippen LogP contribution in [0.25, 0.3) is 10.9 Å². The first kappa shape index (κ1) is 18.6. The van der Waals surface area contributed by atoms with Crippen LogP contribution in [0.2, 0.25) is 5.02 Å². The van der Waals surface area contributed by atoms with Crippen molar-refractivity contribution in [2.75, 3.05) is 6.54 Å². The Balaban J connectivity index is 1.69. The van der Waals surface area contributed by atoms with Crippen LogP contribution in [0, 0.1) is 12.3 Å². The quantitative estimate of drug-likeness (QED) is 0.654. The van der Waals surface area contributed by atoms with Gasteiger partial charge in [-0.1, -0.05) is 22.5 Å². The lowest BCUT2D eigenvalue weighted by molar-refractivity contribution is -0.161. The van der Waals surface area contributed by atoms with Gasteiger partial charge in [0.05, 0.1) is 17.2 Å². The van der Waals surface area contributed by atoms with Crippen LogP contribution in [-0.2, 0) is 11.2 Å². The molecule has 150 valence electrons. The summed E-state index contributed by atoms with van der Waals surface area (Å²) in [5.41, 5.74) is 2.38. The van der Waals surface area contributed by atoms with Crippen LogP contribution in [0.3, 0.4) is 0 Å². The third kappa shape index (κ3) is 2.62. The highest BCUT2D eigenvalue weighted by Gasteiger charge is 2.56. The summed E-state index contributed by atoms with van der Waals surface area (Å²) in [4.78, 5) is 31.4. The SMILES string of the molecule is Cc1nnsc1C(=O)N1CCc2c([nH]c3ccc(Cl)cc23)C1C1(C(=O)O)CCC1. The number of rotatable bonds is 3. The van der Waals surface area contributed by atoms with Crippen LogP contribution < -0.4 is 0 Å². The van der Waals surface area contributed by atoms with Crippen LogP contribution in [0.4, 0.5) is 0 Å². The van der Waals surface area contributed by atoms with Crippen LogP contribution in [-0.4, -0.2) is 43.0 Å². The molecule has 3 heterocycles. The van der Waals surface area contributed by atoms with Gasteiger partial charge in [-0.3, -0.25) is 9.59 Å². The number of carbonyl (C=O) groups excluding carboxylic acids is 1. The van der Waals surface area contributed by atoms with Crippen molar-refractivity contribution in [3.05, 3.63) is 45.1 Å². The molecule has 2 aromatic heterocycles. The van der Waals surface area contributed by atoms with E-state index in [1.807, 2.05) is 18.2 Å². The maximum atomic E-state index is 13.4. The molecule has 3 aromatic rings. The minimum atomic E-state index is -0.985. The number of halogens is 1. The highest BCUT2D eigenvalue weighted by Crippen LogP contribution is 2.55. The topological polar surface area (TPSA) is 99.2 Å². The first-order valence-electron chi connectivity index (χ1n) is 9.56. The largest absolute Gasteiger partial charge is 0.481 e. The molecule has 0 bridgehead atoms. The molecule has 1 fully saturated rings. The standard InChI is InChI=1S/C20H19ClN4O3S/c1-10-16(29-24-23-10)18(26)25-8-5-12-13-9-11(21)3-4-14(13)22-15(12)17(25)20(19(27)28)6-2-7-20/h3-4,9,17,22H,2,5-8H2,1H3,(H,27,28). The molecule has 1 atom stereocenters. The maximum Gasteiger partial charge on any atom is 0.312 e. The van der Waals surface area contributed by atoms with Gasteiger partial charge in [0.15, 0.2) is 0 Å². The van der Waals surface area contributed by atoms with Gasteiger partial charge in [0, 0.05) is 28.2 Å². The van der Waals surface area contributed by atoms with Crippen molar-refractivity contribution in [2.24, 2.45) is 5.41 Å². The van der Waals surface area contributed by atoms with Crippen molar-refractivity contribution in [1.29, 1.82) is 0 Å². The summed E-state index contributed by atoms with van der Waals surface area (Å²) in [5.74, 6) is -1.05. The summed E-state index contributed by atoms with van der Waals surface area (Å²) in [7, 11) is 0. The number of carbonyl (C=O) groups is 2. The second-order valence-corrected chi connectivity index (χ2v) is 9.05. The molecular weight excluding hydrogens is 412 g/mol. The number of amides is 1. The lowest BCUT2D eigenvalue weighted by Gasteiger charge is -2.50. The summed E-state index contributed by atoms with van der Waals surface area (Å²) in [5, 5.41) is 15.8. The fraction of sp³-hybridized carbons (Fsp3) is 0.400. The van der Waals surface area contributed by atoms with Crippen molar-refractivity contribution < 1.29 is 14.7 Å². The van der Waals surface area contributed by atoms with E-state index < -0.39 is 17.4 Å². The van der Waals surface area contributed by atoms with E-state index in [2.05, 4.69) is 14.6 Å². The van der Waals surface area contributed by atoms with Gasteiger partial charge in [-0.25, -0.2) is 0 Å². The van der Waals surface area contributed by atoms with E-state index in [9.17, 15) is 14.7 Å². The van der Waals surface area contributed by atoms with E-state index in [1.165, 1.54) is 0 Å². The number of hydrogen-bond donors (Lipinski definition) is 2. The zero-order chi connectivity index (χ0) is 20.3. The molecule has 0 spiro atoms. The lowest BCUT2D eigenvalue weighted by atomic mass is 9.61. The van der Waals surface area contributed by atoms with E-state index >= 15 is 0 Å². The number of hydrogen-bond acceptors (Lipinski definition) is 5. The summed E-state index contributed by atoms with van der Waals surface area (Å²) in [6, 6.07) is 5.07. The number of benzene rings is 1. The van der Waals surface area contributed by atoms with E-state index in [4.69, 9.17) is 11.6 Å². The Kier molecular flexibility index (Phi) is 4.18. The third-order valence-electron chi connectivity index (χ3n) is 6.39. The first-order chi connectivity index (χ1) is 13.9. The number of nitrogens with zero attached hydrogens (tertiary/aromatic N) is 3. The number of aryl methyl sites for hydroxylation is 1. The Morgan fingerprint density at radius 3 is 2.79 bits per heavy atom. The molecule has 1 aliphatic heterocycles. The van der Waals surface area contributed by atoms with Gasteiger partial charge in [-0.15, -0.1) is 5.10 Å². The molecular formula is C20H19ClN4O3S. The minimum absolute atomic E-state index is 0.197. The monoisotopic (exact) mass is 430 g/mol. The molecule has 2 aliphatic rings. The Hall–Kier alpha value is -2.45. The maximum absolute atomic E-state index is 13.4. The first-order valence-corrected chi connectivity index (χ1v) is 10.7. The van der Waals surface area contributed by atoms with Crippen LogP contribution in [0.5, 0.6) is 0 Å². The third-order valence-corrected chi connectivity index (χ3v) is 7.44. The van der Waals surface area contributed by atoms with Crippen LogP contribution in [0.15, 0.2) is 18.2 Å². The lowest BCUT2D eigenvalue weighted by Crippen LogP contribution is -2.54. The predicted octanol–water partition coefficient (Wildman–Crippen LogP) is 3.98. The molecule has 29 heavy (non-hydrogen) atoms. The van der Waals surface area contributed by atoms with Gasteiger partial charge in [-0.05, 0) is 61.5 Å². The number of fused-ring (bicyclic) bond motifs is 3. The zero-order valence-electron chi connectivity index (χ0n) is 15.7. The molecule has 1 aliphatic carbocycles. The van der Waals surface area contributed by atoms with Crippen molar-refractivity contribution in [2.45, 2.75) is 38.6 Å². The summed E-state index contributed by atoms with van der Waals surface area (Å²) in [6.07, 6.45) is 2.57.